The number of halogens is 2. The zero-order valence-electron chi connectivity index (χ0n) is 13.5. The molecule has 3 rings (SSSR count). The summed E-state index contributed by atoms with van der Waals surface area (Å²) in [4.78, 5) is 8.34. The second kappa shape index (κ2) is 8.40. The van der Waals surface area contributed by atoms with Gasteiger partial charge in [0.15, 0.2) is 10.9 Å². The number of rotatable bonds is 4. The summed E-state index contributed by atoms with van der Waals surface area (Å²) in [6.45, 7) is 2.19. The minimum atomic E-state index is -0.0278. The number of hydrogen-bond donors (Lipinski definition) is 2. The van der Waals surface area contributed by atoms with Crippen LogP contribution in [0.2, 0.25) is 5.02 Å². The van der Waals surface area contributed by atoms with E-state index in [1.165, 1.54) is 5.56 Å². The lowest BCUT2D eigenvalue weighted by Gasteiger charge is -2.38. The summed E-state index contributed by atoms with van der Waals surface area (Å²) in [6, 6.07) is 8.04. The maximum atomic E-state index is 6.04. The van der Waals surface area contributed by atoms with Crippen LogP contribution < -0.4 is 10.6 Å². The maximum Gasteiger partial charge on any atom is 0.172 e. The summed E-state index contributed by atoms with van der Waals surface area (Å²) in [7, 11) is 0. The molecule has 132 valence electrons. The average molecular weight is 442 g/mol. The fourth-order valence-electron chi connectivity index (χ4n) is 2.92. The van der Waals surface area contributed by atoms with E-state index in [1.807, 2.05) is 12.1 Å². The Morgan fingerprint density at radius 1 is 1.20 bits per heavy atom. The zero-order valence-corrected chi connectivity index (χ0v) is 16.6. The molecule has 1 aromatic heterocycles. The SMILES string of the molecule is S=C(NCC1(c2ccc(Cl)cc2)CCOCC1)Nc1cnc(Br)cn1. The number of anilines is 1. The van der Waals surface area contributed by atoms with E-state index in [4.69, 9.17) is 28.6 Å². The Morgan fingerprint density at radius 3 is 2.56 bits per heavy atom. The molecule has 0 spiro atoms. The molecule has 2 heterocycles. The van der Waals surface area contributed by atoms with Gasteiger partial charge in [0.2, 0.25) is 0 Å². The summed E-state index contributed by atoms with van der Waals surface area (Å²) < 4.78 is 6.24. The van der Waals surface area contributed by atoms with Gasteiger partial charge in [-0.25, -0.2) is 9.97 Å². The molecule has 0 bridgehead atoms. The van der Waals surface area contributed by atoms with Crippen LogP contribution in [0.1, 0.15) is 18.4 Å². The van der Waals surface area contributed by atoms with Crippen LogP contribution >= 0.6 is 39.7 Å². The highest BCUT2D eigenvalue weighted by molar-refractivity contribution is 9.10. The van der Waals surface area contributed by atoms with E-state index in [9.17, 15) is 0 Å². The predicted molar refractivity (Wildman–Crippen MR) is 107 cm³/mol. The lowest BCUT2D eigenvalue weighted by molar-refractivity contribution is 0.0515. The number of aromatic nitrogens is 2. The molecular weight excluding hydrogens is 424 g/mol. The molecule has 2 N–H and O–H groups in total. The van der Waals surface area contributed by atoms with Gasteiger partial charge < -0.3 is 15.4 Å². The second-order valence-electron chi connectivity index (χ2n) is 5.93. The van der Waals surface area contributed by atoms with Crippen LogP contribution in [0.5, 0.6) is 0 Å². The Labute approximate surface area is 165 Å². The van der Waals surface area contributed by atoms with Crippen molar-refractivity contribution in [1.82, 2.24) is 15.3 Å². The molecule has 8 heteroatoms. The standard InChI is InChI=1S/C17H18BrClN4OS/c18-14-9-21-15(10-20-14)23-16(25)22-11-17(5-7-24-8-6-17)12-1-3-13(19)4-2-12/h1-4,9-10H,5-8,11H2,(H2,21,22,23,25). The van der Waals surface area contributed by atoms with Crippen molar-refractivity contribution in [2.75, 3.05) is 25.1 Å². The van der Waals surface area contributed by atoms with Gasteiger partial charge in [-0.15, -0.1) is 0 Å². The van der Waals surface area contributed by atoms with Crippen LogP contribution in [0.25, 0.3) is 0 Å². The molecule has 0 aliphatic carbocycles. The number of ether oxygens (including phenoxy) is 1. The van der Waals surface area contributed by atoms with Crippen LogP contribution in [0.15, 0.2) is 41.3 Å². The summed E-state index contributed by atoms with van der Waals surface area (Å²) in [5.41, 5.74) is 1.22. The highest BCUT2D eigenvalue weighted by Gasteiger charge is 2.34. The minimum Gasteiger partial charge on any atom is -0.381 e. The van der Waals surface area contributed by atoms with Gasteiger partial charge in [-0.1, -0.05) is 23.7 Å². The molecule has 0 atom stereocenters. The van der Waals surface area contributed by atoms with Gasteiger partial charge in [0.05, 0.1) is 12.4 Å². The normalized spacial score (nSPS) is 16.2. The van der Waals surface area contributed by atoms with Crippen LogP contribution in [-0.2, 0) is 10.2 Å². The van der Waals surface area contributed by atoms with Gasteiger partial charge >= 0.3 is 0 Å². The van der Waals surface area contributed by atoms with Crippen LogP contribution in [-0.4, -0.2) is 34.8 Å². The molecule has 1 saturated heterocycles. The molecular formula is C17H18BrClN4OS. The van der Waals surface area contributed by atoms with E-state index < -0.39 is 0 Å². The third-order valence-electron chi connectivity index (χ3n) is 4.36. The molecule has 0 amide bonds. The van der Waals surface area contributed by atoms with Crippen LogP contribution in [0.4, 0.5) is 5.82 Å². The number of nitrogens with one attached hydrogen (secondary N) is 2. The third-order valence-corrected chi connectivity index (χ3v) is 5.26. The Balaban J connectivity index is 1.67. The predicted octanol–water partition coefficient (Wildman–Crippen LogP) is 3.93. The molecule has 1 fully saturated rings. The number of hydrogen-bond acceptors (Lipinski definition) is 4. The first-order valence-electron chi connectivity index (χ1n) is 7.94. The Hall–Kier alpha value is -1.28. The van der Waals surface area contributed by atoms with Crippen molar-refractivity contribution < 1.29 is 4.74 Å². The third kappa shape index (κ3) is 4.88. The summed E-state index contributed by atoms with van der Waals surface area (Å²) in [5.74, 6) is 0.605. The number of nitrogens with zero attached hydrogens (tertiary/aromatic N) is 2. The Morgan fingerprint density at radius 2 is 1.92 bits per heavy atom. The molecule has 2 aromatic rings. The van der Waals surface area contributed by atoms with E-state index >= 15 is 0 Å². The number of benzene rings is 1. The first-order valence-corrected chi connectivity index (χ1v) is 9.52. The van der Waals surface area contributed by atoms with Crippen molar-refractivity contribution in [1.29, 1.82) is 0 Å². The van der Waals surface area contributed by atoms with Gasteiger partial charge in [0.25, 0.3) is 0 Å². The van der Waals surface area contributed by atoms with Gasteiger partial charge in [-0.05, 0) is 58.7 Å². The van der Waals surface area contributed by atoms with Gasteiger partial charge in [-0.2, -0.15) is 0 Å². The van der Waals surface area contributed by atoms with Crippen molar-refractivity contribution in [2.45, 2.75) is 18.3 Å². The lowest BCUT2D eigenvalue weighted by atomic mass is 9.74. The molecule has 1 aromatic carbocycles. The molecule has 25 heavy (non-hydrogen) atoms. The fraction of sp³-hybridized carbons (Fsp3) is 0.353. The first-order chi connectivity index (χ1) is 12.1. The minimum absolute atomic E-state index is 0.0278. The maximum absolute atomic E-state index is 6.04. The smallest absolute Gasteiger partial charge is 0.172 e. The summed E-state index contributed by atoms with van der Waals surface area (Å²) in [6.07, 6.45) is 5.12. The molecule has 1 aliphatic rings. The molecule has 0 unspecified atom stereocenters. The van der Waals surface area contributed by atoms with E-state index in [2.05, 4.69) is 48.7 Å². The number of thiocarbonyl (C=S) groups is 1. The van der Waals surface area contributed by atoms with Crippen LogP contribution in [0, 0.1) is 0 Å². The van der Waals surface area contributed by atoms with Gasteiger partial charge in [0, 0.05) is 30.2 Å². The zero-order chi connectivity index (χ0) is 17.7. The monoisotopic (exact) mass is 440 g/mol. The Kier molecular flexibility index (Phi) is 6.22. The summed E-state index contributed by atoms with van der Waals surface area (Å²) >= 11 is 14.7. The van der Waals surface area contributed by atoms with E-state index in [0.29, 0.717) is 22.1 Å². The van der Waals surface area contributed by atoms with Crippen molar-refractivity contribution in [3.05, 3.63) is 51.8 Å². The molecule has 1 aliphatic heterocycles. The largest absolute Gasteiger partial charge is 0.381 e. The van der Waals surface area contributed by atoms with E-state index in [1.54, 1.807) is 12.4 Å². The highest BCUT2D eigenvalue weighted by Crippen LogP contribution is 2.34. The fourth-order valence-corrected chi connectivity index (χ4v) is 3.43. The quantitative estimate of drug-likeness (QED) is 0.701. The average Bonchev–Trinajstić information content (AvgIpc) is 2.63. The van der Waals surface area contributed by atoms with Crippen molar-refractivity contribution in [3.63, 3.8) is 0 Å². The van der Waals surface area contributed by atoms with E-state index in [0.717, 1.165) is 31.1 Å². The molecule has 0 saturated carbocycles. The Bertz CT molecular complexity index is 720. The van der Waals surface area contributed by atoms with Crippen molar-refractivity contribution in [3.8, 4) is 0 Å². The second-order valence-corrected chi connectivity index (χ2v) is 7.59. The van der Waals surface area contributed by atoms with Crippen LogP contribution in [0.3, 0.4) is 0 Å². The highest BCUT2D eigenvalue weighted by atomic mass is 79.9. The lowest BCUT2D eigenvalue weighted by Crippen LogP contribution is -2.45. The first kappa shape index (κ1) is 18.5. The molecule has 0 radical (unpaired) electrons. The molecule has 5 nitrogen and oxygen atoms in total. The van der Waals surface area contributed by atoms with E-state index in [-0.39, 0.29) is 5.41 Å². The van der Waals surface area contributed by atoms with Crippen molar-refractivity contribution >= 4 is 50.7 Å². The topological polar surface area (TPSA) is 59.1 Å². The van der Waals surface area contributed by atoms with Gasteiger partial charge in [0.1, 0.15) is 4.60 Å². The summed E-state index contributed by atoms with van der Waals surface area (Å²) in [5, 5.41) is 7.65. The van der Waals surface area contributed by atoms with Gasteiger partial charge in [-0.3, -0.25) is 0 Å². The van der Waals surface area contributed by atoms with Crippen molar-refractivity contribution in [2.24, 2.45) is 0 Å².